The third-order valence-corrected chi connectivity index (χ3v) is 3.22. The lowest BCUT2D eigenvalue weighted by molar-refractivity contribution is 0.0232. The highest BCUT2D eigenvalue weighted by Crippen LogP contribution is 2.25. The number of hydrogen-bond donors (Lipinski definition) is 3. The fourth-order valence-corrected chi connectivity index (χ4v) is 2.25. The average Bonchev–Trinajstić information content (AvgIpc) is 2.31. The topological polar surface area (TPSA) is 90.4 Å². The first kappa shape index (κ1) is 12.7. The van der Waals surface area contributed by atoms with Gasteiger partial charge in [-0.15, -0.1) is 0 Å². The Morgan fingerprint density at radius 3 is 2.94 bits per heavy atom. The minimum Gasteiger partial charge on any atom is -0.396 e. The molecule has 1 aliphatic heterocycles. The Hall–Kier alpha value is -1.75. The Morgan fingerprint density at radius 1 is 1.50 bits per heavy atom. The van der Waals surface area contributed by atoms with Crippen LogP contribution >= 0.6 is 0 Å². The van der Waals surface area contributed by atoms with Crippen LogP contribution in [0.3, 0.4) is 0 Å². The molecule has 0 radical (unpaired) electrons. The molecule has 1 aromatic carbocycles. The summed E-state index contributed by atoms with van der Waals surface area (Å²) in [6.07, 6.45) is 2.11. The highest BCUT2D eigenvalue weighted by atomic mass is 16.5. The first-order chi connectivity index (χ1) is 8.58. The van der Waals surface area contributed by atoms with Crippen LogP contribution in [0.5, 0.6) is 0 Å². The molecule has 1 heterocycles. The first-order valence-electron chi connectivity index (χ1n) is 6.14. The number of benzene rings is 1. The Kier molecular flexibility index (Phi) is 3.72. The van der Waals surface area contributed by atoms with Gasteiger partial charge in [-0.25, -0.2) is 0 Å². The van der Waals surface area contributed by atoms with Crippen molar-refractivity contribution < 1.29 is 9.53 Å². The first-order valence-corrected chi connectivity index (χ1v) is 6.14. The Bertz CT molecular complexity index is 448. The number of nitrogen functional groups attached to an aromatic ring is 1. The Balaban J connectivity index is 2.14. The van der Waals surface area contributed by atoms with Crippen molar-refractivity contribution in [3.8, 4) is 0 Å². The summed E-state index contributed by atoms with van der Waals surface area (Å²) in [5.74, 6) is -0.503. The van der Waals surface area contributed by atoms with Gasteiger partial charge >= 0.3 is 0 Å². The zero-order valence-electron chi connectivity index (χ0n) is 10.5. The number of anilines is 2. The molecule has 5 nitrogen and oxygen atoms in total. The number of para-hydroxylation sites is 1. The molecule has 2 rings (SSSR count). The van der Waals surface area contributed by atoms with Crippen LogP contribution in [-0.4, -0.2) is 24.7 Å². The minimum absolute atomic E-state index is 0.247. The number of rotatable bonds is 3. The highest BCUT2D eigenvalue weighted by Gasteiger charge is 2.20. The second-order valence-corrected chi connectivity index (χ2v) is 4.68. The summed E-state index contributed by atoms with van der Waals surface area (Å²) in [5.41, 5.74) is 12.8. The normalized spacial score (nSPS) is 23.6. The van der Waals surface area contributed by atoms with Gasteiger partial charge in [0, 0.05) is 12.6 Å². The van der Waals surface area contributed by atoms with Crippen LogP contribution < -0.4 is 16.8 Å². The number of carbonyl (C=O) groups is 1. The maximum Gasteiger partial charge on any atom is 0.250 e. The Morgan fingerprint density at radius 2 is 2.28 bits per heavy atom. The van der Waals surface area contributed by atoms with Crippen LogP contribution in [0.2, 0.25) is 0 Å². The van der Waals surface area contributed by atoms with Crippen LogP contribution in [0.25, 0.3) is 0 Å². The number of hydrogen-bond acceptors (Lipinski definition) is 4. The number of amides is 1. The van der Waals surface area contributed by atoms with Gasteiger partial charge in [-0.2, -0.15) is 0 Å². The second kappa shape index (κ2) is 5.27. The molecule has 18 heavy (non-hydrogen) atoms. The number of nitrogens with one attached hydrogen (secondary N) is 1. The van der Waals surface area contributed by atoms with Gasteiger partial charge in [0.05, 0.1) is 23.0 Å². The molecular weight excluding hydrogens is 230 g/mol. The number of primary amides is 1. The minimum atomic E-state index is -0.503. The summed E-state index contributed by atoms with van der Waals surface area (Å²) >= 11 is 0. The van der Waals surface area contributed by atoms with Gasteiger partial charge in [0.1, 0.15) is 0 Å². The number of carbonyl (C=O) groups excluding carboxylic acids is 1. The SMILES string of the molecule is CC1CC(Nc2cccc(C(N)=O)c2N)CCO1. The molecule has 1 amide bonds. The predicted molar refractivity (Wildman–Crippen MR) is 71.4 cm³/mol. The van der Waals surface area contributed by atoms with Crippen LogP contribution in [0.15, 0.2) is 18.2 Å². The lowest BCUT2D eigenvalue weighted by Gasteiger charge is -2.29. The molecule has 5 heteroatoms. The maximum atomic E-state index is 11.2. The van der Waals surface area contributed by atoms with Crippen molar-refractivity contribution in [1.29, 1.82) is 0 Å². The molecule has 0 aromatic heterocycles. The Labute approximate surface area is 106 Å². The van der Waals surface area contributed by atoms with Crippen LogP contribution in [0, 0.1) is 0 Å². The molecule has 98 valence electrons. The van der Waals surface area contributed by atoms with Gasteiger partial charge < -0.3 is 21.5 Å². The lowest BCUT2D eigenvalue weighted by Crippen LogP contribution is -2.32. The largest absolute Gasteiger partial charge is 0.396 e. The molecule has 1 aliphatic rings. The predicted octanol–water partition coefficient (Wildman–Crippen LogP) is 1.35. The van der Waals surface area contributed by atoms with Crippen molar-refractivity contribution in [2.24, 2.45) is 5.73 Å². The van der Waals surface area contributed by atoms with Gasteiger partial charge in [0.25, 0.3) is 5.91 Å². The molecular formula is C13H19N3O2. The van der Waals surface area contributed by atoms with E-state index in [4.69, 9.17) is 16.2 Å². The summed E-state index contributed by atoms with van der Waals surface area (Å²) in [7, 11) is 0. The van der Waals surface area contributed by atoms with E-state index in [0.29, 0.717) is 17.3 Å². The van der Waals surface area contributed by atoms with Gasteiger partial charge in [0.15, 0.2) is 0 Å². The van der Waals surface area contributed by atoms with E-state index in [2.05, 4.69) is 12.2 Å². The van der Waals surface area contributed by atoms with Crippen molar-refractivity contribution in [1.82, 2.24) is 0 Å². The zero-order chi connectivity index (χ0) is 13.1. The fraction of sp³-hybridized carbons (Fsp3) is 0.462. The third-order valence-electron chi connectivity index (χ3n) is 3.22. The maximum absolute atomic E-state index is 11.2. The molecule has 2 unspecified atom stereocenters. The van der Waals surface area contributed by atoms with Crippen LogP contribution in [0.4, 0.5) is 11.4 Å². The molecule has 0 aliphatic carbocycles. The van der Waals surface area contributed by atoms with Gasteiger partial charge in [-0.3, -0.25) is 4.79 Å². The van der Waals surface area contributed by atoms with E-state index in [0.717, 1.165) is 25.1 Å². The van der Waals surface area contributed by atoms with Crippen LogP contribution in [-0.2, 0) is 4.74 Å². The summed E-state index contributed by atoms with van der Waals surface area (Å²) in [6, 6.07) is 5.60. The molecule has 0 saturated carbocycles. The monoisotopic (exact) mass is 249 g/mol. The zero-order valence-corrected chi connectivity index (χ0v) is 10.5. The van der Waals surface area contributed by atoms with E-state index in [-0.39, 0.29) is 6.10 Å². The van der Waals surface area contributed by atoms with E-state index < -0.39 is 5.91 Å². The smallest absolute Gasteiger partial charge is 0.250 e. The van der Waals surface area contributed by atoms with Crippen molar-refractivity contribution >= 4 is 17.3 Å². The quantitative estimate of drug-likeness (QED) is 0.705. The van der Waals surface area contributed by atoms with E-state index in [1.54, 1.807) is 12.1 Å². The van der Waals surface area contributed by atoms with Crippen LogP contribution in [0.1, 0.15) is 30.1 Å². The number of nitrogens with two attached hydrogens (primary N) is 2. The molecule has 1 aromatic rings. The lowest BCUT2D eigenvalue weighted by atomic mass is 10.0. The molecule has 1 fully saturated rings. The van der Waals surface area contributed by atoms with Crippen molar-refractivity contribution in [2.75, 3.05) is 17.7 Å². The number of ether oxygens (including phenoxy) is 1. The summed E-state index contributed by atoms with van der Waals surface area (Å²) in [4.78, 5) is 11.2. The van der Waals surface area contributed by atoms with Gasteiger partial charge in [0.2, 0.25) is 0 Å². The van der Waals surface area contributed by atoms with E-state index in [1.165, 1.54) is 0 Å². The molecule has 5 N–H and O–H groups in total. The van der Waals surface area contributed by atoms with Gasteiger partial charge in [-0.05, 0) is 31.9 Å². The standard InChI is InChI=1S/C13H19N3O2/c1-8-7-9(5-6-18-8)16-11-4-2-3-10(12(11)14)13(15)17/h2-4,8-9,16H,5-7,14H2,1H3,(H2,15,17). The summed E-state index contributed by atoms with van der Waals surface area (Å²) < 4.78 is 5.49. The molecule has 1 saturated heterocycles. The van der Waals surface area contributed by atoms with Crippen molar-refractivity contribution in [2.45, 2.75) is 31.9 Å². The molecule has 2 atom stereocenters. The fourth-order valence-electron chi connectivity index (χ4n) is 2.25. The molecule has 0 spiro atoms. The summed E-state index contributed by atoms with van der Waals surface area (Å²) in [5, 5.41) is 3.36. The van der Waals surface area contributed by atoms with E-state index in [1.807, 2.05) is 6.07 Å². The van der Waals surface area contributed by atoms with E-state index in [9.17, 15) is 4.79 Å². The van der Waals surface area contributed by atoms with Crippen molar-refractivity contribution in [3.63, 3.8) is 0 Å². The third kappa shape index (κ3) is 2.73. The molecule has 0 bridgehead atoms. The second-order valence-electron chi connectivity index (χ2n) is 4.68. The van der Waals surface area contributed by atoms with Crippen molar-refractivity contribution in [3.05, 3.63) is 23.8 Å². The van der Waals surface area contributed by atoms with E-state index >= 15 is 0 Å². The highest BCUT2D eigenvalue weighted by molar-refractivity contribution is 6.00. The van der Waals surface area contributed by atoms with Gasteiger partial charge in [-0.1, -0.05) is 6.07 Å². The summed E-state index contributed by atoms with van der Waals surface area (Å²) in [6.45, 7) is 2.80. The average molecular weight is 249 g/mol.